The van der Waals surface area contributed by atoms with E-state index >= 15 is 0 Å². The first kappa shape index (κ1) is 22.8. The first-order valence-corrected chi connectivity index (χ1v) is 12.9. The number of anilines is 1. The zero-order chi connectivity index (χ0) is 22.9. The minimum absolute atomic E-state index is 0.0765. The molecule has 1 fully saturated rings. The predicted octanol–water partition coefficient (Wildman–Crippen LogP) is 4.37. The number of benzene rings is 2. The second-order valence-electron chi connectivity index (χ2n) is 8.14. The molecule has 32 heavy (non-hydrogen) atoms. The molecular weight excluding hydrogens is 451 g/mol. The van der Waals surface area contributed by atoms with Crippen LogP contribution in [-0.2, 0) is 25.8 Å². The number of rotatable bonds is 7. The molecule has 0 saturated carbocycles. The third kappa shape index (κ3) is 4.69. The molecule has 0 bridgehead atoms. The molecule has 3 aromatic rings. The van der Waals surface area contributed by atoms with Gasteiger partial charge in [0.1, 0.15) is 11.3 Å². The second kappa shape index (κ2) is 9.25. The van der Waals surface area contributed by atoms with Crippen LogP contribution in [0.3, 0.4) is 0 Å². The number of hydrogen-bond acceptors (Lipinski definition) is 6. The summed E-state index contributed by atoms with van der Waals surface area (Å²) in [6.45, 7) is 4.28. The fourth-order valence-electron chi connectivity index (χ4n) is 3.64. The summed E-state index contributed by atoms with van der Waals surface area (Å²) in [6.07, 6.45) is 1.78. The second-order valence-corrected chi connectivity index (χ2v) is 11.7. The largest absolute Gasteiger partial charge is 0.376 e. The summed E-state index contributed by atoms with van der Waals surface area (Å²) in [6, 6.07) is 11.2. The maximum atomic E-state index is 14.2. The summed E-state index contributed by atoms with van der Waals surface area (Å²) in [7, 11) is -3.37. The molecule has 170 valence electrons. The summed E-state index contributed by atoms with van der Waals surface area (Å²) in [5.74, 6) is -0.615. The minimum atomic E-state index is -3.37. The lowest BCUT2D eigenvalue weighted by molar-refractivity contribution is -0.118. The fraction of sp³-hybridized carbons (Fsp3) is 0.391. The van der Waals surface area contributed by atoms with Gasteiger partial charge >= 0.3 is 0 Å². The Labute approximate surface area is 190 Å². The maximum Gasteiger partial charge on any atom is 0.233 e. The van der Waals surface area contributed by atoms with Gasteiger partial charge in [0.2, 0.25) is 5.91 Å². The molecule has 1 atom stereocenters. The average Bonchev–Trinajstić information content (AvgIpc) is 3.42. The third-order valence-electron chi connectivity index (χ3n) is 5.53. The molecule has 1 saturated heterocycles. The highest BCUT2D eigenvalue weighted by Crippen LogP contribution is 2.31. The van der Waals surface area contributed by atoms with Crippen molar-refractivity contribution < 1.29 is 22.3 Å². The predicted molar refractivity (Wildman–Crippen MR) is 123 cm³/mol. The van der Waals surface area contributed by atoms with Gasteiger partial charge in [-0.05, 0) is 56.5 Å². The average molecular weight is 477 g/mol. The summed E-state index contributed by atoms with van der Waals surface area (Å²) >= 11 is 1.27. The van der Waals surface area contributed by atoms with Crippen molar-refractivity contribution in [1.82, 2.24) is 4.98 Å². The van der Waals surface area contributed by atoms with Crippen LogP contribution in [0.15, 0.2) is 47.4 Å². The fourth-order valence-corrected chi connectivity index (χ4v) is 5.70. The Balaban J connectivity index is 1.59. The first-order chi connectivity index (χ1) is 15.3. The standard InChI is InChI=1S/C23H25FN2O4S2/c1-15(2)32(28,29)18-10-8-16(9-11-18)13-21(27)26(14-17-5-4-12-30-17)23-25-22-19(24)6-3-7-20(22)31-23/h3,6-11,15,17H,4-5,12-14H2,1-2H3. The molecule has 1 unspecified atom stereocenters. The van der Waals surface area contributed by atoms with E-state index in [0.717, 1.165) is 12.8 Å². The number of ether oxygens (including phenoxy) is 1. The number of sulfone groups is 1. The van der Waals surface area contributed by atoms with E-state index in [1.807, 2.05) is 0 Å². The van der Waals surface area contributed by atoms with Crippen LogP contribution in [0.5, 0.6) is 0 Å². The van der Waals surface area contributed by atoms with E-state index in [2.05, 4.69) is 4.98 Å². The van der Waals surface area contributed by atoms with Gasteiger partial charge in [-0.2, -0.15) is 0 Å². The zero-order valence-electron chi connectivity index (χ0n) is 18.0. The lowest BCUT2D eigenvalue weighted by Crippen LogP contribution is -2.38. The van der Waals surface area contributed by atoms with E-state index in [1.54, 1.807) is 43.0 Å². The van der Waals surface area contributed by atoms with Crippen molar-refractivity contribution >= 4 is 42.4 Å². The highest BCUT2D eigenvalue weighted by Gasteiger charge is 2.27. The molecule has 1 aliphatic heterocycles. The van der Waals surface area contributed by atoms with Crippen molar-refractivity contribution in [3.8, 4) is 0 Å². The van der Waals surface area contributed by atoms with Crippen LogP contribution in [0, 0.1) is 5.82 Å². The molecule has 2 aromatic carbocycles. The van der Waals surface area contributed by atoms with E-state index in [0.29, 0.717) is 28.5 Å². The Bertz CT molecular complexity index is 1220. The molecule has 0 radical (unpaired) electrons. The van der Waals surface area contributed by atoms with Crippen molar-refractivity contribution in [2.45, 2.75) is 49.4 Å². The lowest BCUT2D eigenvalue weighted by Gasteiger charge is -2.23. The summed E-state index contributed by atoms with van der Waals surface area (Å²) in [4.78, 5) is 19.5. The van der Waals surface area contributed by atoms with Gasteiger partial charge in [0.05, 0.1) is 33.9 Å². The van der Waals surface area contributed by atoms with Gasteiger partial charge in [-0.15, -0.1) is 0 Å². The number of thiazole rings is 1. The summed E-state index contributed by atoms with van der Waals surface area (Å²) in [5.41, 5.74) is 0.947. The van der Waals surface area contributed by atoms with E-state index in [4.69, 9.17) is 4.74 Å². The zero-order valence-corrected chi connectivity index (χ0v) is 19.6. The Kier molecular flexibility index (Phi) is 6.60. The molecule has 0 aliphatic carbocycles. The van der Waals surface area contributed by atoms with Crippen LogP contribution in [0.2, 0.25) is 0 Å². The van der Waals surface area contributed by atoms with E-state index in [9.17, 15) is 17.6 Å². The maximum absolute atomic E-state index is 14.2. The normalized spacial score (nSPS) is 16.7. The molecule has 0 N–H and O–H groups in total. The molecule has 1 aromatic heterocycles. The number of carbonyl (C=O) groups is 1. The summed E-state index contributed by atoms with van der Waals surface area (Å²) < 4.78 is 45.2. The number of halogens is 1. The summed E-state index contributed by atoms with van der Waals surface area (Å²) in [5, 5.41) is -0.0825. The van der Waals surface area contributed by atoms with Crippen LogP contribution in [0.4, 0.5) is 9.52 Å². The quantitative estimate of drug-likeness (QED) is 0.506. The van der Waals surface area contributed by atoms with Crippen LogP contribution in [0.25, 0.3) is 10.2 Å². The van der Waals surface area contributed by atoms with Crippen molar-refractivity contribution in [2.24, 2.45) is 0 Å². The van der Waals surface area contributed by atoms with Crippen molar-refractivity contribution in [3.05, 3.63) is 53.8 Å². The number of hydrogen-bond donors (Lipinski definition) is 0. The van der Waals surface area contributed by atoms with Crippen molar-refractivity contribution in [2.75, 3.05) is 18.1 Å². The third-order valence-corrected chi connectivity index (χ3v) is 8.74. The monoisotopic (exact) mass is 476 g/mol. The van der Waals surface area contributed by atoms with Crippen molar-refractivity contribution in [3.63, 3.8) is 0 Å². The van der Waals surface area contributed by atoms with Crippen molar-refractivity contribution in [1.29, 1.82) is 0 Å². The van der Waals surface area contributed by atoms with Gasteiger partial charge in [-0.1, -0.05) is 29.5 Å². The van der Waals surface area contributed by atoms with E-state index < -0.39 is 20.9 Å². The Morgan fingerprint density at radius 2 is 2.00 bits per heavy atom. The number of para-hydroxylation sites is 1. The number of fused-ring (bicyclic) bond motifs is 1. The first-order valence-electron chi connectivity index (χ1n) is 10.6. The Hall–Kier alpha value is -2.36. The molecule has 4 rings (SSSR count). The van der Waals surface area contributed by atoms with Crippen LogP contribution in [-0.4, -0.2) is 43.8 Å². The molecule has 9 heteroatoms. The van der Waals surface area contributed by atoms with E-state index in [-0.39, 0.29) is 28.8 Å². The number of aromatic nitrogens is 1. The molecular formula is C23H25FN2O4S2. The molecule has 1 amide bonds. The van der Waals surface area contributed by atoms with Gasteiger partial charge in [-0.25, -0.2) is 17.8 Å². The van der Waals surface area contributed by atoms with Gasteiger partial charge in [0, 0.05) is 6.61 Å². The molecule has 6 nitrogen and oxygen atoms in total. The number of amides is 1. The smallest absolute Gasteiger partial charge is 0.233 e. The van der Waals surface area contributed by atoms with Gasteiger partial charge in [-0.3, -0.25) is 9.69 Å². The lowest BCUT2D eigenvalue weighted by atomic mass is 10.1. The molecule has 2 heterocycles. The highest BCUT2D eigenvalue weighted by atomic mass is 32.2. The highest BCUT2D eigenvalue weighted by molar-refractivity contribution is 7.92. The van der Waals surface area contributed by atoms with Gasteiger partial charge in [0.25, 0.3) is 0 Å². The van der Waals surface area contributed by atoms with Crippen LogP contribution in [0.1, 0.15) is 32.3 Å². The Morgan fingerprint density at radius 3 is 2.62 bits per heavy atom. The number of carbonyl (C=O) groups excluding carboxylic acids is 1. The number of nitrogens with zero attached hydrogens (tertiary/aromatic N) is 2. The molecule has 0 spiro atoms. The van der Waals surface area contributed by atoms with Crippen LogP contribution >= 0.6 is 11.3 Å². The van der Waals surface area contributed by atoms with Gasteiger partial charge < -0.3 is 4.74 Å². The van der Waals surface area contributed by atoms with E-state index in [1.165, 1.54) is 29.5 Å². The minimum Gasteiger partial charge on any atom is -0.376 e. The topological polar surface area (TPSA) is 76.6 Å². The molecule has 1 aliphatic rings. The SMILES string of the molecule is CC(C)S(=O)(=O)c1ccc(CC(=O)N(CC2CCCO2)c2nc3c(F)cccc3s2)cc1. The van der Waals surface area contributed by atoms with Crippen LogP contribution < -0.4 is 4.90 Å². The van der Waals surface area contributed by atoms with Gasteiger partial charge in [0.15, 0.2) is 15.0 Å². The Morgan fingerprint density at radius 1 is 1.25 bits per heavy atom.